The van der Waals surface area contributed by atoms with E-state index in [9.17, 15) is 0 Å². The van der Waals surface area contributed by atoms with Crippen LogP contribution in [0, 0.1) is 5.92 Å². The fraction of sp³-hybridized carbons (Fsp3) is 0.615. The van der Waals surface area contributed by atoms with Crippen molar-refractivity contribution in [3.63, 3.8) is 0 Å². The monoisotopic (exact) mass is 253 g/mol. The minimum atomic E-state index is 0.541. The average Bonchev–Trinajstić information content (AvgIpc) is 2.29. The average molecular weight is 254 g/mol. The van der Waals surface area contributed by atoms with Crippen LogP contribution in [0.4, 0.5) is 11.5 Å². The highest BCUT2D eigenvalue weighted by atomic mass is 35.5. The van der Waals surface area contributed by atoms with Crippen LogP contribution in [0.3, 0.4) is 0 Å². The molecule has 3 nitrogen and oxygen atoms in total. The number of hydrogen-bond acceptors (Lipinski definition) is 3. The van der Waals surface area contributed by atoms with E-state index in [2.05, 4.69) is 23.9 Å². The molecule has 2 atom stereocenters. The summed E-state index contributed by atoms with van der Waals surface area (Å²) in [5.74, 6) is 1.55. The van der Waals surface area contributed by atoms with Gasteiger partial charge in [-0.15, -0.1) is 0 Å². The second-order valence-corrected chi connectivity index (χ2v) is 5.44. The van der Waals surface area contributed by atoms with Gasteiger partial charge in [0.05, 0.1) is 10.7 Å². The smallest absolute Gasteiger partial charge is 0.151 e. The number of halogens is 1. The summed E-state index contributed by atoms with van der Waals surface area (Å²) in [6.07, 6.45) is 6.82. The molecule has 94 valence electrons. The normalized spacial score (nSPS) is 24.6. The molecule has 1 saturated carbocycles. The lowest BCUT2D eigenvalue weighted by molar-refractivity contribution is 0.321. The highest BCUT2D eigenvalue weighted by molar-refractivity contribution is 6.30. The molecule has 0 aromatic carbocycles. The van der Waals surface area contributed by atoms with Gasteiger partial charge in [0.25, 0.3) is 0 Å². The van der Waals surface area contributed by atoms with E-state index in [4.69, 9.17) is 17.3 Å². The van der Waals surface area contributed by atoms with Gasteiger partial charge in [0.1, 0.15) is 0 Å². The second kappa shape index (κ2) is 5.13. The number of aromatic nitrogens is 1. The summed E-state index contributed by atoms with van der Waals surface area (Å²) in [6, 6.07) is 2.31. The first-order valence-electron chi connectivity index (χ1n) is 6.23. The summed E-state index contributed by atoms with van der Waals surface area (Å²) in [4.78, 5) is 6.57. The van der Waals surface area contributed by atoms with E-state index in [1.807, 2.05) is 0 Å². The molecule has 4 heteroatoms. The van der Waals surface area contributed by atoms with Crippen LogP contribution in [0.2, 0.25) is 5.02 Å². The second-order valence-electron chi connectivity index (χ2n) is 5.01. The van der Waals surface area contributed by atoms with Crippen molar-refractivity contribution in [2.75, 3.05) is 17.7 Å². The zero-order valence-corrected chi connectivity index (χ0v) is 11.2. The van der Waals surface area contributed by atoms with Gasteiger partial charge in [-0.25, -0.2) is 4.98 Å². The molecule has 0 saturated heterocycles. The quantitative estimate of drug-likeness (QED) is 0.879. The molecule has 17 heavy (non-hydrogen) atoms. The number of nitrogens with zero attached hydrogens (tertiary/aromatic N) is 2. The first-order chi connectivity index (χ1) is 8.09. The fourth-order valence-electron chi connectivity index (χ4n) is 2.77. The van der Waals surface area contributed by atoms with Crippen LogP contribution in [0.5, 0.6) is 0 Å². The third kappa shape index (κ3) is 2.65. The Morgan fingerprint density at radius 1 is 1.41 bits per heavy atom. The van der Waals surface area contributed by atoms with E-state index in [1.54, 1.807) is 12.3 Å². The highest BCUT2D eigenvalue weighted by Gasteiger charge is 2.26. The van der Waals surface area contributed by atoms with Crippen molar-refractivity contribution >= 4 is 23.1 Å². The van der Waals surface area contributed by atoms with Gasteiger partial charge in [-0.05, 0) is 24.8 Å². The molecule has 0 spiro atoms. The SMILES string of the molecule is CC1CCCCC1N(C)c1ncc(Cl)cc1N. The molecule has 1 fully saturated rings. The van der Waals surface area contributed by atoms with Crippen molar-refractivity contribution in [3.8, 4) is 0 Å². The molecule has 1 aliphatic carbocycles. The number of hydrogen-bond donors (Lipinski definition) is 1. The van der Waals surface area contributed by atoms with E-state index in [1.165, 1.54) is 25.7 Å². The summed E-state index contributed by atoms with van der Waals surface area (Å²) >= 11 is 5.88. The van der Waals surface area contributed by atoms with Gasteiger partial charge >= 0.3 is 0 Å². The molecule has 1 aliphatic rings. The Morgan fingerprint density at radius 2 is 2.12 bits per heavy atom. The van der Waals surface area contributed by atoms with Crippen molar-refractivity contribution in [1.82, 2.24) is 4.98 Å². The van der Waals surface area contributed by atoms with Crippen molar-refractivity contribution in [2.24, 2.45) is 5.92 Å². The van der Waals surface area contributed by atoms with E-state index in [-0.39, 0.29) is 0 Å². The molecule has 0 bridgehead atoms. The lowest BCUT2D eigenvalue weighted by Crippen LogP contribution is -2.39. The maximum atomic E-state index is 5.99. The van der Waals surface area contributed by atoms with Gasteiger partial charge in [-0.1, -0.05) is 31.4 Å². The lowest BCUT2D eigenvalue weighted by Gasteiger charge is -2.37. The van der Waals surface area contributed by atoms with Crippen molar-refractivity contribution in [1.29, 1.82) is 0 Å². The molecule has 1 aromatic heterocycles. The van der Waals surface area contributed by atoms with Crippen LogP contribution in [0.15, 0.2) is 12.3 Å². The third-order valence-electron chi connectivity index (χ3n) is 3.76. The Kier molecular flexibility index (Phi) is 3.77. The molecular weight excluding hydrogens is 234 g/mol. The molecule has 2 unspecified atom stereocenters. The number of nitrogen functional groups attached to an aromatic ring is 1. The number of pyridine rings is 1. The molecule has 0 radical (unpaired) electrons. The summed E-state index contributed by atoms with van der Waals surface area (Å²) in [6.45, 7) is 2.31. The maximum Gasteiger partial charge on any atom is 0.151 e. The van der Waals surface area contributed by atoms with Gasteiger partial charge in [0.15, 0.2) is 5.82 Å². The van der Waals surface area contributed by atoms with E-state index >= 15 is 0 Å². The highest BCUT2D eigenvalue weighted by Crippen LogP contribution is 2.32. The van der Waals surface area contributed by atoms with E-state index in [0.717, 1.165) is 5.82 Å². The minimum absolute atomic E-state index is 0.541. The Labute approximate surface area is 108 Å². The first kappa shape index (κ1) is 12.5. The number of anilines is 2. The first-order valence-corrected chi connectivity index (χ1v) is 6.61. The van der Waals surface area contributed by atoms with E-state index in [0.29, 0.717) is 22.7 Å². The molecule has 2 rings (SSSR count). The van der Waals surface area contributed by atoms with Crippen LogP contribution in [-0.4, -0.2) is 18.1 Å². The Bertz CT molecular complexity index is 394. The molecular formula is C13H20ClN3. The van der Waals surface area contributed by atoms with Gasteiger partial charge in [-0.3, -0.25) is 0 Å². The summed E-state index contributed by atoms with van der Waals surface area (Å²) in [5.41, 5.74) is 6.65. The molecule has 1 aromatic rings. The van der Waals surface area contributed by atoms with Crippen molar-refractivity contribution in [3.05, 3.63) is 17.3 Å². The van der Waals surface area contributed by atoms with Gasteiger partial charge in [0, 0.05) is 19.3 Å². The Balaban J connectivity index is 2.20. The predicted octanol–water partition coefficient (Wildman–Crippen LogP) is 3.33. The maximum absolute atomic E-state index is 5.99. The third-order valence-corrected chi connectivity index (χ3v) is 3.97. The van der Waals surface area contributed by atoms with Gasteiger partial charge in [-0.2, -0.15) is 0 Å². The molecule has 1 heterocycles. The summed E-state index contributed by atoms with van der Waals surface area (Å²) in [7, 11) is 2.08. The summed E-state index contributed by atoms with van der Waals surface area (Å²) < 4.78 is 0. The van der Waals surface area contributed by atoms with Gasteiger partial charge in [0.2, 0.25) is 0 Å². The van der Waals surface area contributed by atoms with Crippen LogP contribution in [0.25, 0.3) is 0 Å². The molecule has 0 amide bonds. The number of nitrogens with two attached hydrogens (primary N) is 1. The number of rotatable bonds is 2. The lowest BCUT2D eigenvalue weighted by atomic mass is 9.85. The standard InChI is InChI=1S/C13H20ClN3/c1-9-5-3-4-6-12(9)17(2)13-11(15)7-10(14)8-16-13/h7-9,12H,3-6,15H2,1-2H3. The molecule has 2 N–H and O–H groups in total. The minimum Gasteiger partial charge on any atom is -0.396 e. The zero-order chi connectivity index (χ0) is 12.4. The Morgan fingerprint density at radius 3 is 2.76 bits per heavy atom. The van der Waals surface area contributed by atoms with Crippen LogP contribution in [0.1, 0.15) is 32.6 Å². The fourth-order valence-corrected chi connectivity index (χ4v) is 2.94. The summed E-state index contributed by atoms with van der Waals surface area (Å²) in [5, 5.41) is 0.594. The zero-order valence-electron chi connectivity index (χ0n) is 10.5. The van der Waals surface area contributed by atoms with Crippen LogP contribution in [-0.2, 0) is 0 Å². The largest absolute Gasteiger partial charge is 0.396 e. The molecule has 0 aliphatic heterocycles. The van der Waals surface area contributed by atoms with Crippen LogP contribution < -0.4 is 10.6 Å². The van der Waals surface area contributed by atoms with Gasteiger partial charge < -0.3 is 10.6 Å². The van der Waals surface area contributed by atoms with Crippen molar-refractivity contribution in [2.45, 2.75) is 38.6 Å². The van der Waals surface area contributed by atoms with E-state index < -0.39 is 0 Å². The van der Waals surface area contributed by atoms with Crippen molar-refractivity contribution < 1.29 is 0 Å². The topological polar surface area (TPSA) is 42.2 Å². The van der Waals surface area contributed by atoms with Crippen LogP contribution >= 0.6 is 11.6 Å². The predicted molar refractivity (Wildman–Crippen MR) is 73.5 cm³/mol. The Hall–Kier alpha value is -0.960.